The van der Waals surface area contributed by atoms with Gasteiger partial charge in [0, 0.05) is 13.3 Å². The standard InChI is InChI=1S/C12H16ClN5O2/c1-3-11(18-6-9(13)4-15-18)12(19)16-10-5-14-17(7-10)8-20-2/h4-7,11H,3,8H2,1-2H3,(H,16,19). The largest absolute Gasteiger partial charge is 0.362 e. The SMILES string of the molecule is CCC(C(=O)Nc1cnn(COC)c1)n1cc(Cl)cn1. The molecule has 0 fully saturated rings. The summed E-state index contributed by atoms with van der Waals surface area (Å²) in [5, 5.41) is 11.4. The minimum atomic E-state index is -0.409. The molecule has 2 aromatic heterocycles. The summed E-state index contributed by atoms with van der Waals surface area (Å²) in [5.74, 6) is -0.163. The van der Waals surface area contributed by atoms with Gasteiger partial charge in [0.1, 0.15) is 12.8 Å². The molecule has 108 valence electrons. The third-order valence-electron chi connectivity index (χ3n) is 2.74. The molecule has 0 aliphatic carbocycles. The van der Waals surface area contributed by atoms with Crippen LogP contribution < -0.4 is 5.32 Å². The summed E-state index contributed by atoms with van der Waals surface area (Å²) in [5.41, 5.74) is 0.615. The van der Waals surface area contributed by atoms with Crippen LogP contribution in [0.5, 0.6) is 0 Å². The summed E-state index contributed by atoms with van der Waals surface area (Å²) >= 11 is 5.82. The monoisotopic (exact) mass is 297 g/mol. The van der Waals surface area contributed by atoms with Crippen LogP contribution in [0.2, 0.25) is 5.02 Å². The zero-order valence-corrected chi connectivity index (χ0v) is 12.0. The molecule has 0 aliphatic rings. The van der Waals surface area contributed by atoms with Gasteiger partial charge in [-0.1, -0.05) is 18.5 Å². The maximum absolute atomic E-state index is 12.2. The van der Waals surface area contributed by atoms with Crippen molar-refractivity contribution in [1.82, 2.24) is 19.6 Å². The summed E-state index contributed by atoms with van der Waals surface area (Å²) in [6, 6.07) is -0.409. The van der Waals surface area contributed by atoms with Crippen LogP contribution in [0.25, 0.3) is 0 Å². The number of carbonyl (C=O) groups excluding carboxylic acids is 1. The first-order valence-corrected chi connectivity index (χ1v) is 6.53. The predicted molar refractivity (Wildman–Crippen MR) is 74.4 cm³/mol. The van der Waals surface area contributed by atoms with Gasteiger partial charge in [-0.2, -0.15) is 10.2 Å². The van der Waals surface area contributed by atoms with E-state index in [9.17, 15) is 4.79 Å². The van der Waals surface area contributed by atoms with Gasteiger partial charge in [-0.25, -0.2) is 4.68 Å². The van der Waals surface area contributed by atoms with Crippen molar-refractivity contribution in [3.63, 3.8) is 0 Å². The second-order valence-electron chi connectivity index (χ2n) is 4.24. The van der Waals surface area contributed by atoms with E-state index in [1.54, 1.807) is 35.1 Å². The number of hydrogen-bond acceptors (Lipinski definition) is 4. The van der Waals surface area contributed by atoms with E-state index in [0.717, 1.165) is 0 Å². The van der Waals surface area contributed by atoms with Crippen LogP contribution in [0.3, 0.4) is 0 Å². The maximum Gasteiger partial charge on any atom is 0.249 e. The molecule has 8 heteroatoms. The summed E-state index contributed by atoms with van der Waals surface area (Å²) in [7, 11) is 1.58. The van der Waals surface area contributed by atoms with Crippen LogP contribution in [-0.2, 0) is 16.3 Å². The normalized spacial score (nSPS) is 12.3. The molecular formula is C12H16ClN5O2. The van der Waals surface area contributed by atoms with Gasteiger partial charge in [0.05, 0.1) is 29.3 Å². The number of carbonyl (C=O) groups is 1. The van der Waals surface area contributed by atoms with Crippen molar-refractivity contribution in [2.75, 3.05) is 12.4 Å². The van der Waals surface area contributed by atoms with E-state index >= 15 is 0 Å². The van der Waals surface area contributed by atoms with Gasteiger partial charge in [-0.05, 0) is 6.42 Å². The molecular weight excluding hydrogens is 282 g/mol. The van der Waals surface area contributed by atoms with Gasteiger partial charge in [0.25, 0.3) is 0 Å². The molecule has 20 heavy (non-hydrogen) atoms. The minimum absolute atomic E-state index is 0.163. The highest BCUT2D eigenvalue weighted by atomic mass is 35.5. The number of anilines is 1. The molecule has 0 saturated carbocycles. The van der Waals surface area contributed by atoms with E-state index in [0.29, 0.717) is 23.9 Å². The lowest BCUT2D eigenvalue weighted by Gasteiger charge is -2.14. The molecule has 7 nitrogen and oxygen atoms in total. The molecule has 1 amide bonds. The second kappa shape index (κ2) is 6.53. The van der Waals surface area contributed by atoms with Crippen LogP contribution in [0.4, 0.5) is 5.69 Å². The first-order valence-electron chi connectivity index (χ1n) is 6.16. The number of amides is 1. The molecule has 1 unspecified atom stereocenters. The number of nitrogens with zero attached hydrogens (tertiary/aromatic N) is 4. The Morgan fingerprint density at radius 2 is 2.25 bits per heavy atom. The van der Waals surface area contributed by atoms with Crippen LogP contribution >= 0.6 is 11.6 Å². The molecule has 0 aliphatic heterocycles. The Balaban J connectivity index is 2.05. The smallest absolute Gasteiger partial charge is 0.249 e. The summed E-state index contributed by atoms with van der Waals surface area (Å²) in [6.07, 6.45) is 7.01. The lowest BCUT2D eigenvalue weighted by molar-refractivity contribution is -0.119. The molecule has 0 radical (unpaired) electrons. The number of rotatable bonds is 6. The molecule has 0 aromatic carbocycles. The van der Waals surface area contributed by atoms with Crippen molar-refractivity contribution in [1.29, 1.82) is 0 Å². The van der Waals surface area contributed by atoms with Gasteiger partial charge in [0.15, 0.2) is 0 Å². The fraction of sp³-hybridized carbons (Fsp3) is 0.417. The zero-order chi connectivity index (χ0) is 14.5. The van der Waals surface area contributed by atoms with Crippen molar-refractivity contribution in [3.8, 4) is 0 Å². The molecule has 2 rings (SSSR count). The van der Waals surface area contributed by atoms with E-state index in [4.69, 9.17) is 16.3 Å². The first-order chi connectivity index (χ1) is 9.63. The number of ether oxygens (including phenoxy) is 1. The lowest BCUT2D eigenvalue weighted by atomic mass is 10.2. The number of halogens is 1. The molecule has 1 atom stereocenters. The Labute approximate surface area is 121 Å². The van der Waals surface area contributed by atoms with E-state index in [2.05, 4.69) is 15.5 Å². The Kier molecular flexibility index (Phi) is 4.75. The van der Waals surface area contributed by atoms with Gasteiger partial charge in [-0.3, -0.25) is 9.48 Å². The Bertz CT molecular complexity index is 580. The summed E-state index contributed by atoms with van der Waals surface area (Å²) < 4.78 is 8.08. The van der Waals surface area contributed by atoms with Crippen molar-refractivity contribution < 1.29 is 9.53 Å². The number of nitrogens with one attached hydrogen (secondary N) is 1. The third-order valence-corrected chi connectivity index (χ3v) is 2.94. The minimum Gasteiger partial charge on any atom is -0.362 e. The maximum atomic E-state index is 12.2. The highest BCUT2D eigenvalue weighted by Gasteiger charge is 2.19. The second-order valence-corrected chi connectivity index (χ2v) is 4.67. The average Bonchev–Trinajstić information content (AvgIpc) is 3.01. The predicted octanol–water partition coefficient (Wildman–Crippen LogP) is 1.93. The van der Waals surface area contributed by atoms with E-state index < -0.39 is 6.04 Å². The van der Waals surface area contributed by atoms with Gasteiger partial charge >= 0.3 is 0 Å². The van der Waals surface area contributed by atoms with Crippen LogP contribution in [0, 0.1) is 0 Å². The van der Waals surface area contributed by atoms with Gasteiger partial charge in [-0.15, -0.1) is 0 Å². The molecule has 0 saturated heterocycles. The van der Waals surface area contributed by atoms with Gasteiger partial charge in [0.2, 0.25) is 5.91 Å². The zero-order valence-electron chi connectivity index (χ0n) is 11.3. The van der Waals surface area contributed by atoms with Crippen molar-refractivity contribution in [2.45, 2.75) is 26.1 Å². The Morgan fingerprint density at radius 1 is 1.45 bits per heavy atom. The van der Waals surface area contributed by atoms with Crippen molar-refractivity contribution in [3.05, 3.63) is 29.8 Å². The molecule has 2 aromatic rings. The molecule has 0 bridgehead atoms. The quantitative estimate of drug-likeness (QED) is 0.884. The van der Waals surface area contributed by atoms with Gasteiger partial charge < -0.3 is 10.1 Å². The van der Waals surface area contributed by atoms with Crippen molar-refractivity contribution >= 4 is 23.2 Å². The van der Waals surface area contributed by atoms with Crippen LogP contribution in [0.1, 0.15) is 19.4 Å². The Morgan fingerprint density at radius 3 is 2.85 bits per heavy atom. The molecule has 0 spiro atoms. The van der Waals surface area contributed by atoms with E-state index in [1.807, 2.05) is 6.92 Å². The van der Waals surface area contributed by atoms with E-state index in [-0.39, 0.29) is 5.91 Å². The first kappa shape index (κ1) is 14.5. The highest BCUT2D eigenvalue weighted by molar-refractivity contribution is 6.30. The third kappa shape index (κ3) is 3.37. The summed E-state index contributed by atoms with van der Waals surface area (Å²) in [4.78, 5) is 12.2. The molecule has 2 heterocycles. The number of aromatic nitrogens is 4. The number of hydrogen-bond donors (Lipinski definition) is 1. The van der Waals surface area contributed by atoms with Crippen molar-refractivity contribution in [2.24, 2.45) is 0 Å². The summed E-state index contributed by atoms with van der Waals surface area (Å²) in [6.45, 7) is 2.25. The highest BCUT2D eigenvalue weighted by Crippen LogP contribution is 2.16. The topological polar surface area (TPSA) is 74.0 Å². The van der Waals surface area contributed by atoms with E-state index in [1.165, 1.54) is 6.20 Å². The van der Waals surface area contributed by atoms with Crippen LogP contribution in [-0.4, -0.2) is 32.6 Å². The fourth-order valence-electron chi connectivity index (χ4n) is 1.83. The fourth-order valence-corrected chi connectivity index (χ4v) is 1.98. The lowest BCUT2D eigenvalue weighted by Crippen LogP contribution is -2.25. The number of methoxy groups -OCH3 is 1. The Hall–Kier alpha value is -1.86. The molecule has 1 N–H and O–H groups in total. The average molecular weight is 298 g/mol. The van der Waals surface area contributed by atoms with Crippen LogP contribution in [0.15, 0.2) is 24.8 Å².